The molecule has 2 rings (SSSR count). The van der Waals surface area contributed by atoms with Gasteiger partial charge in [0.25, 0.3) is 5.91 Å². The van der Waals surface area contributed by atoms with Crippen LogP contribution in [0.15, 0.2) is 47.6 Å². The van der Waals surface area contributed by atoms with Crippen LogP contribution < -0.4 is 5.43 Å². The smallest absolute Gasteiger partial charge is 0.275 e. The quantitative estimate of drug-likeness (QED) is 0.591. The van der Waals surface area contributed by atoms with Crippen molar-refractivity contribution in [3.63, 3.8) is 0 Å². The van der Waals surface area contributed by atoms with Crippen molar-refractivity contribution in [2.24, 2.45) is 5.10 Å². The van der Waals surface area contributed by atoms with Gasteiger partial charge in [0.05, 0.1) is 11.8 Å². The molecule has 0 spiro atoms. The number of nitrogens with zero attached hydrogens (tertiary/aromatic N) is 1. The molecule has 20 heavy (non-hydrogen) atoms. The lowest BCUT2D eigenvalue weighted by molar-refractivity contribution is 0.0952. The number of carbonyl (C=O) groups excluding carboxylic acids is 1. The van der Waals surface area contributed by atoms with Crippen LogP contribution in [0.5, 0.6) is 11.5 Å². The molecule has 0 saturated heterocycles. The number of phenolic OH excluding ortho intramolecular Hbond substituents is 2. The Morgan fingerprint density at radius 2 is 1.90 bits per heavy atom. The van der Waals surface area contributed by atoms with Gasteiger partial charge < -0.3 is 10.2 Å². The summed E-state index contributed by atoms with van der Waals surface area (Å²) in [4.78, 5) is 11.7. The van der Waals surface area contributed by atoms with Gasteiger partial charge in [0, 0.05) is 5.56 Å². The number of hydrogen-bond donors (Lipinski definition) is 3. The van der Waals surface area contributed by atoms with Gasteiger partial charge in [0.2, 0.25) is 0 Å². The lowest BCUT2D eigenvalue weighted by atomic mass is 10.2. The highest BCUT2D eigenvalue weighted by Crippen LogP contribution is 2.18. The van der Waals surface area contributed by atoms with Crippen molar-refractivity contribution in [3.8, 4) is 11.5 Å². The van der Waals surface area contributed by atoms with Crippen LogP contribution in [0.2, 0.25) is 0 Å². The summed E-state index contributed by atoms with van der Waals surface area (Å²) in [5, 5.41) is 22.5. The molecule has 0 atom stereocenters. The first-order valence-corrected chi connectivity index (χ1v) is 5.68. The van der Waals surface area contributed by atoms with Crippen LogP contribution in [-0.2, 0) is 0 Å². The van der Waals surface area contributed by atoms with Crippen LogP contribution in [0.1, 0.15) is 15.9 Å². The molecule has 0 aromatic heterocycles. The van der Waals surface area contributed by atoms with E-state index in [0.717, 1.165) is 12.3 Å². The van der Waals surface area contributed by atoms with E-state index in [1.54, 1.807) is 12.1 Å². The normalized spacial score (nSPS) is 10.7. The van der Waals surface area contributed by atoms with Gasteiger partial charge in [-0.15, -0.1) is 0 Å². The van der Waals surface area contributed by atoms with Crippen LogP contribution in [0.3, 0.4) is 0 Å². The minimum atomic E-state index is -0.777. The van der Waals surface area contributed by atoms with E-state index in [2.05, 4.69) is 10.5 Å². The van der Waals surface area contributed by atoms with E-state index in [-0.39, 0.29) is 16.9 Å². The average molecular weight is 274 g/mol. The standard InChI is InChI=1S/C14H11FN2O3/c15-11-6-3-4-9(13(11)19)8-16-17-14(20)10-5-1-2-7-12(10)18/h1-8,18-19H,(H,17,20). The van der Waals surface area contributed by atoms with E-state index in [4.69, 9.17) is 0 Å². The van der Waals surface area contributed by atoms with Gasteiger partial charge in [0.15, 0.2) is 11.6 Å². The molecule has 0 saturated carbocycles. The lowest BCUT2D eigenvalue weighted by Crippen LogP contribution is -2.17. The highest BCUT2D eigenvalue weighted by molar-refractivity contribution is 5.97. The number of aromatic hydroxyl groups is 2. The molecule has 0 unspecified atom stereocenters. The maximum Gasteiger partial charge on any atom is 0.275 e. The second kappa shape index (κ2) is 5.83. The molecule has 0 fully saturated rings. The van der Waals surface area contributed by atoms with Crippen molar-refractivity contribution in [2.75, 3.05) is 0 Å². The minimum absolute atomic E-state index is 0.0631. The molecule has 0 bridgehead atoms. The van der Waals surface area contributed by atoms with Gasteiger partial charge >= 0.3 is 0 Å². The van der Waals surface area contributed by atoms with Crippen molar-refractivity contribution in [1.29, 1.82) is 0 Å². The topological polar surface area (TPSA) is 81.9 Å². The van der Waals surface area contributed by atoms with E-state index in [1.807, 2.05) is 0 Å². The summed E-state index contributed by atoms with van der Waals surface area (Å²) in [6.45, 7) is 0. The van der Waals surface area contributed by atoms with Gasteiger partial charge in [-0.2, -0.15) is 5.10 Å². The number of benzene rings is 2. The number of hydrazone groups is 1. The summed E-state index contributed by atoms with van der Waals surface area (Å²) in [6, 6.07) is 9.93. The van der Waals surface area contributed by atoms with Gasteiger partial charge in [-0.3, -0.25) is 4.79 Å². The molecule has 0 radical (unpaired) electrons. The van der Waals surface area contributed by atoms with Crippen molar-refractivity contribution in [2.45, 2.75) is 0 Å². The number of carbonyl (C=O) groups is 1. The van der Waals surface area contributed by atoms with Crippen molar-refractivity contribution >= 4 is 12.1 Å². The molecular weight excluding hydrogens is 263 g/mol. The molecule has 2 aromatic carbocycles. The summed E-state index contributed by atoms with van der Waals surface area (Å²) < 4.78 is 13.1. The van der Waals surface area contributed by atoms with Crippen LogP contribution >= 0.6 is 0 Å². The third-order valence-electron chi connectivity index (χ3n) is 2.54. The maximum atomic E-state index is 13.1. The summed E-state index contributed by atoms with van der Waals surface area (Å²) in [5.41, 5.74) is 2.36. The fourth-order valence-corrected chi connectivity index (χ4v) is 1.52. The van der Waals surface area contributed by atoms with Crippen LogP contribution in [0.25, 0.3) is 0 Å². The number of phenols is 2. The molecule has 0 aliphatic rings. The van der Waals surface area contributed by atoms with E-state index >= 15 is 0 Å². The van der Waals surface area contributed by atoms with Crippen LogP contribution in [0, 0.1) is 5.82 Å². The van der Waals surface area contributed by atoms with E-state index in [0.29, 0.717) is 0 Å². The van der Waals surface area contributed by atoms with Crippen molar-refractivity contribution in [1.82, 2.24) is 5.43 Å². The molecular formula is C14H11FN2O3. The fourth-order valence-electron chi connectivity index (χ4n) is 1.52. The first-order chi connectivity index (χ1) is 9.59. The predicted molar refractivity (Wildman–Crippen MR) is 71.2 cm³/mol. The zero-order valence-corrected chi connectivity index (χ0v) is 10.2. The molecule has 0 aliphatic carbocycles. The van der Waals surface area contributed by atoms with E-state index in [1.165, 1.54) is 24.3 Å². The second-order valence-corrected chi connectivity index (χ2v) is 3.89. The number of para-hydroxylation sites is 2. The lowest BCUT2D eigenvalue weighted by Gasteiger charge is -2.02. The Balaban J connectivity index is 2.09. The average Bonchev–Trinajstić information content (AvgIpc) is 2.44. The molecule has 0 aliphatic heterocycles. The molecule has 6 heteroatoms. The molecule has 102 valence electrons. The zero-order chi connectivity index (χ0) is 14.5. The van der Waals surface area contributed by atoms with Gasteiger partial charge in [-0.05, 0) is 24.3 Å². The monoisotopic (exact) mass is 274 g/mol. The Morgan fingerprint density at radius 3 is 2.65 bits per heavy atom. The van der Waals surface area contributed by atoms with Crippen molar-refractivity contribution in [3.05, 3.63) is 59.4 Å². The third-order valence-corrected chi connectivity index (χ3v) is 2.54. The fraction of sp³-hybridized carbons (Fsp3) is 0. The van der Waals surface area contributed by atoms with Crippen molar-refractivity contribution < 1.29 is 19.4 Å². The first kappa shape index (κ1) is 13.5. The third kappa shape index (κ3) is 2.92. The number of amides is 1. The molecule has 0 heterocycles. The largest absolute Gasteiger partial charge is 0.507 e. The predicted octanol–water partition coefficient (Wildman–Crippen LogP) is 2.00. The van der Waals surface area contributed by atoms with Gasteiger partial charge in [-0.1, -0.05) is 18.2 Å². The summed E-state index contributed by atoms with van der Waals surface area (Å²) >= 11 is 0. The Hall–Kier alpha value is -2.89. The minimum Gasteiger partial charge on any atom is -0.507 e. The van der Waals surface area contributed by atoms with E-state index < -0.39 is 17.5 Å². The summed E-state index contributed by atoms with van der Waals surface area (Å²) in [7, 11) is 0. The van der Waals surface area contributed by atoms with Gasteiger partial charge in [0.1, 0.15) is 5.75 Å². The number of halogens is 1. The second-order valence-electron chi connectivity index (χ2n) is 3.89. The molecule has 3 N–H and O–H groups in total. The maximum absolute atomic E-state index is 13.1. The number of hydrogen-bond acceptors (Lipinski definition) is 4. The highest BCUT2D eigenvalue weighted by atomic mass is 19.1. The SMILES string of the molecule is O=C(NN=Cc1cccc(F)c1O)c1ccccc1O. The van der Waals surface area contributed by atoms with Crippen LogP contribution in [0.4, 0.5) is 4.39 Å². The molecule has 5 nitrogen and oxygen atoms in total. The first-order valence-electron chi connectivity index (χ1n) is 5.68. The van der Waals surface area contributed by atoms with Gasteiger partial charge in [-0.25, -0.2) is 9.82 Å². The Bertz CT molecular complexity index is 671. The van der Waals surface area contributed by atoms with E-state index in [9.17, 15) is 19.4 Å². The Kier molecular flexibility index (Phi) is 3.95. The number of nitrogens with one attached hydrogen (secondary N) is 1. The summed E-state index contributed by atoms with van der Waals surface area (Å²) in [5.74, 6) is -2.11. The Labute approximate surface area is 114 Å². The molecule has 2 aromatic rings. The zero-order valence-electron chi connectivity index (χ0n) is 10.2. The van der Waals surface area contributed by atoms with Crippen LogP contribution in [-0.4, -0.2) is 22.3 Å². The number of rotatable bonds is 3. The Morgan fingerprint density at radius 1 is 1.15 bits per heavy atom. The molecule has 1 amide bonds. The summed E-state index contributed by atoms with van der Waals surface area (Å²) in [6.07, 6.45) is 1.11. The highest BCUT2D eigenvalue weighted by Gasteiger charge is 2.09.